The van der Waals surface area contributed by atoms with Crippen LogP contribution in [0.5, 0.6) is 23.3 Å². The lowest BCUT2D eigenvalue weighted by molar-refractivity contribution is 0.0196. The third-order valence-electron chi connectivity index (χ3n) is 15.9. The highest BCUT2D eigenvalue weighted by atomic mass is 32.2. The van der Waals surface area contributed by atoms with Gasteiger partial charge in [0.15, 0.2) is 19.7 Å². The van der Waals surface area contributed by atoms with E-state index in [0.29, 0.717) is 93.6 Å². The number of nitrogens with zero attached hydrogens (tertiary/aromatic N) is 8. The summed E-state index contributed by atoms with van der Waals surface area (Å²) in [7, 11) is -4.48. The number of fused-ring (bicyclic) bond motifs is 2. The Morgan fingerprint density at radius 3 is 1.31 bits per heavy atom. The van der Waals surface area contributed by atoms with E-state index in [4.69, 9.17) is 38.4 Å². The molecule has 2 aliphatic heterocycles. The Balaban J connectivity index is 0.000000225. The van der Waals surface area contributed by atoms with Crippen molar-refractivity contribution in [2.75, 3.05) is 62.5 Å². The van der Waals surface area contributed by atoms with Crippen LogP contribution in [0.25, 0.3) is 44.1 Å². The standard InChI is InChI=1S/2C35H42FN5O6S/c2*1-22-11-12-25-26(13-14-29(36)28(25)21-48(43,44)20-23(2)45-6)31(22)46-32-27(10-7-16-37-32)30-15-17-38-33(40-30)39-24-9-8-18-41(19-24)34(42)47-35(3,4)5/h2*7,10-17,23-24H,8-9,18-21H2,1-6H3,(H,38,39,40)/t23-,24+;23-,24-/m10/s1. The Bertz CT molecular complexity index is 4070. The van der Waals surface area contributed by atoms with Gasteiger partial charge in [0.25, 0.3) is 0 Å². The first-order valence-corrected chi connectivity index (χ1v) is 35.4. The molecule has 0 radical (unpaired) electrons. The Morgan fingerprint density at radius 1 is 0.552 bits per heavy atom. The van der Waals surface area contributed by atoms with Crippen LogP contribution in [0, 0.1) is 25.5 Å². The third kappa shape index (κ3) is 18.8. The van der Waals surface area contributed by atoms with Crippen LogP contribution in [0.2, 0.25) is 0 Å². The Kier molecular flexibility index (Phi) is 22.8. The summed E-state index contributed by atoms with van der Waals surface area (Å²) in [4.78, 5) is 56.0. The van der Waals surface area contributed by atoms with Crippen molar-refractivity contribution in [2.45, 2.75) is 142 Å². The number of sulfone groups is 2. The van der Waals surface area contributed by atoms with Crippen LogP contribution in [0.1, 0.15) is 103 Å². The van der Waals surface area contributed by atoms with Gasteiger partial charge in [0.2, 0.25) is 23.7 Å². The monoisotopic (exact) mass is 1360 g/mol. The second-order valence-corrected chi connectivity index (χ2v) is 30.4. The molecule has 96 heavy (non-hydrogen) atoms. The van der Waals surface area contributed by atoms with E-state index < -0.39 is 66.2 Å². The van der Waals surface area contributed by atoms with E-state index in [2.05, 4.69) is 30.6 Å². The number of likely N-dealkylation sites (tertiary alicyclic amines) is 2. The number of nitrogens with one attached hydrogen (secondary N) is 2. The smallest absolute Gasteiger partial charge is 0.410 e. The first-order chi connectivity index (χ1) is 45.5. The number of carbonyl (C=O) groups is 2. The summed E-state index contributed by atoms with van der Waals surface area (Å²) in [6.45, 7) is 20.2. The quantitative estimate of drug-likeness (QED) is 0.0718. The summed E-state index contributed by atoms with van der Waals surface area (Å²) in [5.41, 5.74) is 2.79. The van der Waals surface area contributed by atoms with Crippen LogP contribution in [0.4, 0.5) is 30.3 Å². The SMILES string of the molecule is CO[C@@H](C)CS(=O)(=O)Cc1c(F)ccc2c(Oc3ncccc3-c3ccnc(N[C@H]4CCCN(C(=O)OC(C)(C)C)C4)n3)c(C)ccc12.CO[C@H](C)CS(=O)(=O)Cc1c(F)ccc2c(Oc3ncccc3-c3ccnc(N[C@H]4CCCN(C(=O)OC(C)(C)C)C4)n3)c(C)ccc12. The molecule has 22 nitrogen and oxygen atoms in total. The molecule has 2 fully saturated rings. The number of hydrogen-bond acceptors (Lipinski definition) is 20. The van der Waals surface area contributed by atoms with Crippen molar-refractivity contribution < 1.29 is 63.6 Å². The lowest BCUT2D eigenvalue weighted by Crippen LogP contribution is -2.47. The number of carbonyl (C=O) groups excluding carboxylic acids is 2. The Morgan fingerprint density at radius 2 is 0.938 bits per heavy atom. The molecule has 26 heteroatoms. The van der Waals surface area contributed by atoms with E-state index in [1.165, 1.54) is 26.4 Å². The van der Waals surface area contributed by atoms with Crippen molar-refractivity contribution in [3.8, 4) is 45.8 Å². The Labute approximate surface area is 559 Å². The van der Waals surface area contributed by atoms with Gasteiger partial charge in [0.1, 0.15) is 34.3 Å². The number of benzene rings is 4. The second-order valence-electron chi connectivity index (χ2n) is 26.1. The molecule has 0 spiro atoms. The van der Waals surface area contributed by atoms with Crippen molar-refractivity contribution in [1.82, 2.24) is 39.7 Å². The second kappa shape index (κ2) is 30.6. The average Bonchev–Trinajstić information content (AvgIpc) is 0.777. The number of hydrogen-bond donors (Lipinski definition) is 2. The molecule has 0 unspecified atom stereocenters. The number of ether oxygens (including phenoxy) is 6. The van der Waals surface area contributed by atoms with E-state index in [1.807, 2.05) is 67.5 Å². The lowest BCUT2D eigenvalue weighted by atomic mass is 10.0. The predicted octanol–water partition coefficient (Wildman–Crippen LogP) is 13.4. The number of anilines is 2. The Hall–Kier alpha value is -8.72. The minimum absolute atomic E-state index is 0.0689. The van der Waals surface area contributed by atoms with E-state index in [0.717, 1.165) is 36.8 Å². The lowest BCUT2D eigenvalue weighted by Gasteiger charge is -2.34. The molecule has 512 valence electrons. The minimum Gasteiger partial charge on any atom is -0.444 e. The molecule has 4 aromatic heterocycles. The topological polar surface area (TPSA) is 266 Å². The van der Waals surface area contributed by atoms with Gasteiger partial charge in [-0.25, -0.2) is 65.1 Å². The third-order valence-corrected chi connectivity index (χ3v) is 19.3. The first-order valence-electron chi connectivity index (χ1n) is 31.7. The fourth-order valence-corrected chi connectivity index (χ4v) is 14.6. The van der Waals surface area contributed by atoms with Crippen LogP contribution >= 0.6 is 0 Å². The van der Waals surface area contributed by atoms with Gasteiger partial charge in [-0.3, -0.25) is 0 Å². The molecule has 0 saturated carbocycles. The maximum atomic E-state index is 15.2. The van der Waals surface area contributed by atoms with Crippen molar-refractivity contribution in [3.63, 3.8) is 0 Å². The van der Waals surface area contributed by atoms with Crippen LogP contribution < -0.4 is 20.1 Å². The number of aryl methyl sites for hydroxylation is 2. The summed E-state index contributed by atoms with van der Waals surface area (Å²) in [6.07, 6.45) is 8.03. The maximum Gasteiger partial charge on any atom is 0.410 e. The summed E-state index contributed by atoms with van der Waals surface area (Å²) in [5.74, 6) is -0.486. The van der Waals surface area contributed by atoms with Gasteiger partial charge in [-0.05, 0) is 177 Å². The number of methoxy groups -OCH3 is 2. The van der Waals surface area contributed by atoms with Crippen LogP contribution in [0.3, 0.4) is 0 Å². The van der Waals surface area contributed by atoms with Gasteiger partial charge in [0, 0.05) is 99.2 Å². The average molecular weight is 1360 g/mol. The normalized spacial score (nSPS) is 16.1. The predicted molar refractivity (Wildman–Crippen MR) is 365 cm³/mol. The molecule has 2 amide bonds. The summed E-state index contributed by atoms with van der Waals surface area (Å²) in [6, 6.07) is 23.2. The largest absolute Gasteiger partial charge is 0.444 e. The van der Waals surface area contributed by atoms with E-state index in [9.17, 15) is 26.4 Å². The highest BCUT2D eigenvalue weighted by Crippen LogP contribution is 2.41. The van der Waals surface area contributed by atoms with Gasteiger partial charge in [-0.2, -0.15) is 0 Å². The highest BCUT2D eigenvalue weighted by molar-refractivity contribution is 7.90. The molecule has 0 aliphatic carbocycles. The van der Waals surface area contributed by atoms with Gasteiger partial charge in [-0.1, -0.05) is 24.3 Å². The molecule has 10 rings (SSSR count). The van der Waals surface area contributed by atoms with Gasteiger partial charge < -0.3 is 48.9 Å². The highest BCUT2D eigenvalue weighted by Gasteiger charge is 2.31. The number of rotatable bonds is 20. The molecule has 6 heterocycles. The molecule has 4 aromatic carbocycles. The first kappa shape index (κ1) is 71.6. The molecular weight excluding hydrogens is 1270 g/mol. The molecule has 2 aliphatic rings. The fourth-order valence-electron chi connectivity index (χ4n) is 11.2. The zero-order valence-electron chi connectivity index (χ0n) is 56.2. The minimum atomic E-state index is -3.68. The number of amides is 2. The molecule has 2 N–H and O–H groups in total. The van der Waals surface area contributed by atoms with Gasteiger partial charge in [0.05, 0.1) is 57.7 Å². The van der Waals surface area contributed by atoms with Gasteiger partial charge >= 0.3 is 12.2 Å². The van der Waals surface area contributed by atoms with Crippen molar-refractivity contribution in [2.24, 2.45) is 0 Å². The van der Waals surface area contributed by atoms with Crippen LogP contribution in [-0.4, -0.2) is 156 Å². The van der Waals surface area contributed by atoms with E-state index in [-0.39, 0.29) is 58.7 Å². The number of pyridine rings is 2. The van der Waals surface area contributed by atoms with Crippen molar-refractivity contribution >= 4 is 65.3 Å². The van der Waals surface area contributed by atoms with Crippen molar-refractivity contribution in [3.05, 3.63) is 144 Å². The fraction of sp³-hybridized carbons (Fsp3) is 0.429. The molecule has 2 saturated heterocycles. The maximum absolute atomic E-state index is 15.2. The zero-order chi connectivity index (χ0) is 69.3. The van der Waals surface area contributed by atoms with Crippen LogP contribution in [-0.2, 0) is 50.1 Å². The van der Waals surface area contributed by atoms with Crippen molar-refractivity contribution in [1.29, 1.82) is 0 Å². The molecule has 4 atom stereocenters. The summed E-state index contributed by atoms with van der Waals surface area (Å²) >= 11 is 0. The summed E-state index contributed by atoms with van der Waals surface area (Å²) < 4.78 is 116. The van der Waals surface area contributed by atoms with Crippen LogP contribution in [0.15, 0.2) is 110 Å². The zero-order valence-corrected chi connectivity index (χ0v) is 57.9. The summed E-state index contributed by atoms with van der Waals surface area (Å²) in [5, 5.41) is 8.69. The van der Waals surface area contributed by atoms with E-state index >= 15 is 8.78 Å². The molecule has 8 aromatic rings. The number of halogens is 2. The van der Waals surface area contributed by atoms with E-state index in [1.54, 1.807) is 109 Å². The molecular formula is C70H84F2N10O12S2. The molecule has 0 bridgehead atoms. The number of aromatic nitrogens is 6. The number of piperidine rings is 2. The van der Waals surface area contributed by atoms with Gasteiger partial charge in [-0.15, -0.1) is 0 Å².